The summed E-state index contributed by atoms with van der Waals surface area (Å²) in [5.74, 6) is 1.62. The van der Waals surface area contributed by atoms with E-state index in [2.05, 4.69) is 50.8 Å². The molecule has 2 fully saturated rings. The summed E-state index contributed by atoms with van der Waals surface area (Å²) in [6.07, 6.45) is 5.08. The summed E-state index contributed by atoms with van der Waals surface area (Å²) in [5.41, 5.74) is 0. The van der Waals surface area contributed by atoms with Gasteiger partial charge in [-0.2, -0.15) is 0 Å². The van der Waals surface area contributed by atoms with Crippen LogP contribution in [0.25, 0.3) is 0 Å². The molecule has 1 aromatic heterocycles. The van der Waals surface area contributed by atoms with Crippen molar-refractivity contribution < 1.29 is 0 Å². The van der Waals surface area contributed by atoms with E-state index in [0.29, 0.717) is 18.0 Å². The van der Waals surface area contributed by atoms with E-state index in [1.165, 1.54) is 25.7 Å². The highest BCUT2D eigenvalue weighted by atomic mass is 15.6. The zero-order valence-corrected chi connectivity index (χ0v) is 14.3. The van der Waals surface area contributed by atoms with E-state index in [-0.39, 0.29) is 0 Å². The van der Waals surface area contributed by atoms with Gasteiger partial charge in [-0.15, -0.1) is 5.10 Å². The van der Waals surface area contributed by atoms with E-state index < -0.39 is 0 Å². The Morgan fingerprint density at radius 2 is 1.77 bits per heavy atom. The molecule has 6 nitrogen and oxygen atoms in total. The van der Waals surface area contributed by atoms with Crippen LogP contribution in [0.5, 0.6) is 0 Å². The van der Waals surface area contributed by atoms with Gasteiger partial charge in [0.2, 0.25) is 0 Å². The number of piperazine rings is 1. The van der Waals surface area contributed by atoms with Crippen molar-refractivity contribution in [2.75, 3.05) is 32.7 Å². The second-order valence-electron chi connectivity index (χ2n) is 7.08. The van der Waals surface area contributed by atoms with Gasteiger partial charge in [-0.25, -0.2) is 4.68 Å². The predicted molar refractivity (Wildman–Crippen MR) is 86.6 cm³/mol. The molecule has 1 atom stereocenters. The number of hydrogen-bond acceptors (Lipinski definition) is 5. The fraction of sp³-hybridized carbons (Fsp3) is 0.938. The van der Waals surface area contributed by atoms with Crippen LogP contribution in [-0.2, 0) is 0 Å². The van der Waals surface area contributed by atoms with Gasteiger partial charge in [0.15, 0.2) is 5.82 Å². The van der Waals surface area contributed by atoms with Crippen LogP contribution in [0.2, 0.25) is 0 Å². The smallest absolute Gasteiger partial charge is 0.168 e. The van der Waals surface area contributed by atoms with Crippen LogP contribution < -0.4 is 0 Å². The summed E-state index contributed by atoms with van der Waals surface area (Å²) in [5, 5.41) is 12.8. The van der Waals surface area contributed by atoms with E-state index in [9.17, 15) is 0 Å². The summed E-state index contributed by atoms with van der Waals surface area (Å²) in [7, 11) is 0. The number of tetrazole rings is 1. The van der Waals surface area contributed by atoms with Crippen molar-refractivity contribution in [3.8, 4) is 0 Å². The van der Waals surface area contributed by atoms with Crippen molar-refractivity contribution in [3.63, 3.8) is 0 Å². The molecule has 124 valence electrons. The third-order valence-electron chi connectivity index (χ3n) is 5.33. The highest BCUT2D eigenvalue weighted by Crippen LogP contribution is 2.34. The fourth-order valence-electron chi connectivity index (χ4n) is 4.04. The number of nitrogens with zero attached hydrogens (tertiary/aromatic N) is 6. The first-order valence-corrected chi connectivity index (χ1v) is 8.95. The summed E-state index contributed by atoms with van der Waals surface area (Å²) in [6, 6.07) is 0.859. The largest absolute Gasteiger partial charge is 0.301 e. The van der Waals surface area contributed by atoms with Gasteiger partial charge < -0.3 is 4.90 Å². The average molecular weight is 306 g/mol. The van der Waals surface area contributed by atoms with Gasteiger partial charge >= 0.3 is 0 Å². The van der Waals surface area contributed by atoms with Crippen molar-refractivity contribution in [3.05, 3.63) is 5.82 Å². The normalized spacial score (nSPS) is 23.5. The van der Waals surface area contributed by atoms with Crippen LogP contribution in [0.15, 0.2) is 0 Å². The molecule has 0 N–H and O–H groups in total. The molecule has 3 rings (SSSR count). The molecule has 2 aliphatic rings. The average Bonchev–Trinajstić information content (AvgIpc) is 3.18. The molecule has 0 bridgehead atoms. The molecular formula is C16H30N6. The number of likely N-dealkylation sites (N-methyl/N-ethyl adjacent to an activating group) is 1. The van der Waals surface area contributed by atoms with E-state index in [4.69, 9.17) is 0 Å². The quantitative estimate of drug-likeness (QED) is 0.834. The first-order valence-electron chi connectivity index (χ1n) is 8.95. The predicted octanol–water partition coefficient (Wildman–Crippen LogP) is 2.12. The standard InChI is InChI=1S/C16H30N6/c1-4-20-9-11-21(12-10-20)15(13(2)3)16-17-18-19-22(16)14-7-5-6-8-14/h13-15H,4-12H2,1-3H3. The Hall–Kier alpha value is -1.01. The second-order valence-corrected chi connectivity index (χ2v) is 7.08. The lowest BCUT2D eigenvalue weighted by molar-refractivity contribution is 0.0710. The molecule has 6 heteroatoms. The van der Waals surface area contributed by atoms with Gasteiger partial charge in [0.25, 0.3) is 0 Å². The van der Waals surface area contributed by atoms with Gasteiger partial charge in [-0.3, -0.25) is 4.90 Å². The first kappa shape index (κ1) is 15.9. The molecule has 0 aromatic carbocycles. The van der Waals surface area contributed by atoms with Gasteiger partial charge in [0, 0.05) is 26.2 Å². The van der Waals surface area contributed by atoms with Crippen molar-refractivity contribution in [1.82, 2.24) is 30.0 Å². The molecule has 22 heavy (non-hydrogen) atoms. The first-order chi connectivity index (χ1) is 10.7. The molecular weight excluding hydrogens is 276 g/mol. The molecule has 1 aromatic rings. The minimum atomic E-state index is 0.342. The van der Waals surface area contributed by atoms with Crippen LogP contribution in [0.1, 0.15) is 64.4 Å². The molecule has 2 heterocycles. The van der Waals surface area contributed by atoms with E-state index in [1.807, 2.05) is 0 Å². The Balaban J connectivity index is 1.78. The Bertz CT molecular complexity index is 457. The molecule has 1 unspecified atom stereocenters. The highest BCUT2D eigenvalue weighted by Gasteiger charge is 2.33. The van der Waals surface area contributed by atoms with E-state index in [0.717, 1.165) is 38.5 Å². The zero-order valence-electron chi connectivity index (χ0n) is 14.3. The van der Waals surface area contributed by atoms with E-state index >= 15 is 0 Å². The number of hydrogen-bond donors (Lipinski definition) is 0. The zero-order chi connectivity index (χ0) is 15.5. The Kier molecular flexibility index (Phi) is 5.08. The molecule has 0 radical (unpaired) electrons. The van der Waals surface area contributed by atoms with Gasteiger partial charge in [0.1, 0.15) is 0 Å². The minimum Gasteiger partial charge on any atom is -0.301 e. The van der Waals surface area contributed by atoms with Crippen molar-refractivity contribution in [2.24, 2.45) is 5.92 Å². The highest BCUT2D eigenvalue weighted by molar-refractivity contribution is 4.99. The Morgan fingerprint density at radius 1 is 1.09 bits per heavy atom. The van der Waals surface area contributed by atoms with Crippen LogP contribution in [0.4, 0.5) is 0 Å². The van der Waals surface area contributed by atoms with Gasteiger partial charge in [0.05, 0.1) is 12.1 Å². The SMILES string of the molecule is CCN1CCN(C(c2nnnn2C2CCCC2)C(C)C)CC1. The maximum Gasteiger partial charge on any atom is 0.168 e. The minimum absolute atomic E-state index is 0.342. The summed E-state index contributed by atoms with van der Waals surface area (Å²) in [6.45, 7) is 12.5. The lowest BCUT2D eigenvalue weighted by Crippen LogP contribution is -2.49. The van der Waals surface area contributed by atoms with Gasteiger partial charge in [-0.1, -0.05) is 33.6 Å². The van der Waals surface area contributed by atoms with Crippen molar-refractivity contribution in [1.29, 1.82) is 0 Å². The third kappa shape index (κ3) is 3.18. The third-order valence-corrected chi connectivity index (χ3v) is 5.33. The molecule has 1 saturated carbocycles. The number of aromatic nitrogens is 4. The van der Waals surface area contributed by atoms with Crippen LogP contribution in [0.3, 0.4) is 0 Å². The lowest BCUT2D eigenvalue weighted by Gasteiger charge is -2.40. The summed E-state index contributed by atoms with van der Waals surface area (Å²) in [4.78, 5) is 5.11. The lowest BCUT2D eigenvalue weighted by atomic mass is 10.00. The molecule has 1 aliphatic heterocycles. The molecule has 0 spiro atoms. The summed E-state index contributed by atoms with van der Waals surface area (Å²) < 4.78 is 2.14. The van der Waals surface area contributed by atoms with Crippen molar-refractivity contribution >= 4 is 0 Å². The topological polar surface area (TPSA) is 50.1 Å². The summed E-state index contributed by atoms with van der Waals surface area (Å²) >= 11 is 0. The van der Waals surface area contributed by atoms with Crippen LogP contribution >= 0.6 is 0 Å². The number of rotatable bonds is 5. The molecule has 1 aliphatic carbocycles. The van der Waals surface area contributed by atoms with Gasteiger partial charge in [-0.05, 0) is 35.7 Å². The maximum atomic E-state index is 4.44. The van der Waals surface area contributed by atoms with Crippen molar-refractivity contribution in [2.45, 2.75) is 58.5 Å². The second kappa shape index (κ2) is 7.04. The van der Waals surface area contributed by atoms with Crippen LogP contribution in [0, 0.1) is 5.92 Å². The molecule has 0 amide bonds. The monoisotopic (exact) mass is 306 g/mol. The maximum absolute atomic E-state index is 4.44. The molecule has 1 saturated heterocycles. The van der Waals surface area contributed by atoms with Crippen LogP contribution in [-0.4, -0.2) is 62.7 Å². The Labute approximate surface area is 133 Å². The Morgan fingerprint density at radius 3 is 2.36 bits per heavy atom. The van der Waals surface area contributed by atoms with E-state index in [1.54, 1.807) is 0 Å². The fourth-order valence-corrected chi connectivity index (χ4v) is 4.04.